The van der Waals surface area contributed by atoms with Gasteiger partial charge in [0.2, 0.25) is 0 Å². The summed E-state index contributed by atoms with van der Waals surface area (Å²) in [6.45, 7) is 2.81. The number of rotatable bonds is 6. The van der Waals surface area contributed by atoms with E-state index in [1.165, 1.54) is 11.1 Å². The SMILES string of the molecule is COCC(NC(C)c1ccncc1)c1ccccc1. The lowest BCUT2D eigenvalue weighted by molar-refractivity contribution is 0.162. The van der Waals surface area contributed by atoms with Gasteiger partial charge in [-0.05, 0) is 30.2 Å². The number of pyridine rings is 1. The van der Waals surface area contributed by atoms with Crippen LogP contribution in [0, 0.1) is 0 Å². The standard InChI is InChI=1S/C16H20N2O/c1-13(14-8-10-17-11-9-14)18-16(12-19-2)15-6-4-3-5-7-15/h3-11,13,16,18H,12H2,1-2H3. The summed E-state index contributed by atoms with van der Waals surface area (Å²) in [5, 5.41) is 3.60. The zero-order valence-corrected chi connectivity index (χ0v) is 11.4. The molecule has 2 aromatic rings. The summed E-state index contributed by atoms with van der Waals surface area (Å²) in [7, 11) is 1.73. The number of nitrogens with one attached hydrogen (secondary N) is 1. The molecular formula is C16H20N2O. The predicted molar refractivity (Wildman–Crippen MR) is 76.8 cm³/mol. The molecule has 1 aromatic carbocycles. The van der Waals surface area contributed by atoms with Gasteiger partial charge in [-0.3, -0.25) is 4.98 Å². The molecular weight excluding hydrogens is 236 g/mol. The highest BCUT2D eigenvalue weighted by atomic mass is 16.5. The molecule has 100 valence electrons. The van der Waals surface area contributed by atoms with Crippen molar-refractivity contribution in [2.45, 2.75) is 19.0 Å². The quantitative estimate of drug-likeness (QED) is 0.862. The van der Waals surface area contributed by atoms with Gasteiger partial charge in [-0.15, -0.1) is 0 Å². The van der Waals surface area contributed by atoms with Crippen LogP contribution in [0.5, 0.6) is 0 Å². The number of hydrogen-bond donors (Lipinski definition) is 1. The summed E-state index contributed by atoms with van der Waals surface area (Å²) in [6, 6.07) is 14.9. The molecule has 0 aliphatic rings. The smallest absolute Gasteiger partial charge is 0.0657 e. The van der Waals surface area contributed by atoms with Crippen LogP contribution < -0.4 is 5.32 Å². The van der Waals surface area contributed by atoms with Crippen LogP contribution in [-0.4, -0.2) is 18.7 Å². The van der Waals surface area contributed by atoms with Gasteiger partial charge in [-0.25, -0.2) is 0 Å². The maximum Gasteiger partial charge on any atom is 0.0657 e. The third kappa shape index (κ3) is 3.88. The Kier molecular flexibility index (Phi) is 5.07. The minimum absolute atomic E-state index is 0.189. The molecule has 2 unspecified atom stereocenters. The van der Waals surface area contributed by atoms with Crippen molar-refractivity contribution < 1.29 is 4.74 Å². The lowest BCUT2D eigenvalue weighted by Crippen LogP contribution is -2.28. The Hall–Kier alpha value is -1.71. The Balaban J connectivity index is 2.09. The molecule has 1 aromatic heterocycles. The van der Waals surface area contributed by atoms with Gasteiger partial charge in [0.1, 0.15) is 0 Å². The summed E-state index contributed by atoms with van der Waals surface area (Å²) < 4.78 is 5.32. The topological polar surface area (TPSA) is 34.1 Å². The van der Waals surface area contributed by atoms with Gasteiger partial charge in [0.25, 0.3) is 0 Å². The highest BCUT2D eigenvalue weighted by Gasteiger charge is 2.14. The van der Waals surface area contributed by atoms with Gasteiger partial charge >= 0.3 is 0 Å². The fourth-order valence-corrected chi connectivity index (χ4v) is 2.14. The highest BCUT2D eigenvalue weighted by Crippen LogP contribution is 2.19. The summed E-state index contributed by atoms with van der Waals surface area (Å²) in [6.07, 6.45) is 3.64. The molecule has 1 N–H and O–H groups in total. The summed E-state index contributed by atoms with van der Waals surface area (Å²) in [5.41, 5.74) is 2.47. The van der Waals surface area contributed by atoms with E-state index in [1.54, 1.807) is 7.11 Å². The van der Waals surface area contributed by atoms with E-state index in [9.17, 15) is 0 Å². The van der Waals surface area contributed by atoms with Gasteiger partial charge in [0.05, 0.1) is 12.6 Å². The first kappa shape index (κ1) is 13.7. The minimum atomic E-state index is 0.189. The Labute approximate surface area is 114 Å². The fourth-order valence-electron chi connectivity index (χ4n) is 2.14. The van der Waals surface area contributed by atoms with Crippen molar-refractivity contribution in [3.8, 4) is 0 Å². The second-order valence-corrected chi connectivity index (χ2v) is 4.59. The van der Waals surface area contributed by atoms with Crippen LogP contribution in [0.3, 0.4) is 0 Å². The maximum atomic E-state index is 5.32. The summed E-state index contributed by atoms with van der Waals surface area (Å²) in [5.74, 6) is 0. The first-order chi connectivity index (χ1) is 9.31. The lowest BCUT2D eigenvalue weighted by Gasteiger charge is -2.23. The van der Waals surface area contributed by atoms with Crippen molar-refractivity contribution in [2.75, 3.05) is 13.7 Å². The van der Waals surface area contributed by atoms with Gasteiger partial charge in [-0.1, -0.05) is 30.3 Å². The third-order valence-corrected chi connectivity index (χ3v) is 3.19. The van der Waals surface area contributed by atoms with Crippen molar-refractivity contribution in [1.82, 2.24) is 10.3 Å². The third-order valence-electron chi connectivity index (χ3n) is 3.19. The van der Waals surface area contributed by atoms with E-state index in [0.717, 1.165) is 0 Å². The van der Waals surface area contributed by atoms with E-state index in [4.69, 9.17) is 4.74 Å². The van der Waals surface area contributed by atoms with Crippen LogP contribution in [0.25, 0.3) is 0 Å². The normalized spacial score (nSPS) is 14.0. The minimum Gasteiger partial charge on any atom is -0.383 e. The molecule has 2 rings (SSSR count). The van der Waals surface area contributed by atoms with E-state index in [-0.39, 0.29) is 12.1 Å². The van der Waals surface area contributed by atoms with E-state index in [1.807, 2.05) is 30.6 Å². The fraction of sp³-hybridized carbons (Fsp3) is 0.312. The molecule has 0 saturated carbocycles. The van der Waals surface area contributed by atoms with Crippen LogP contribution in [-0.2, 0) is 4.74 Å². The van der Waals surface area contributed by atoms with Gasteiger partial charge in [0.15, 0.2) is 0 Å². The average molecular weight is 256 g/mol. The Morgan fingerprint density at radius 1 is 1.05 bits per heavy atom. The van der Waals surface area contributed by atoms with Crippen LogP contribution in [0.1, 0.15) is 30.1 Å². The van der Waals surface area contributed by atoms with Crippen molar-refractivity contribution in [2.24, 2.45) is 0 Å². The van der Waals surface area contributed by atoms with E-state index >= 15 is 0 Å². The second-order valence-electron chi connectivity index (χ2n) is 4.59. The number of methoxy groups -OCH3 is 1. The van der Waals surface area contributed by atoms with Crippen LogP contribution in [0.15, 0.2) is 54.9 Å². The van der Waals surface area contributed by atoms with Crippen molar-refractivity contribution >= 4 is 0 Å². The second kappa shape index (κ2) is 7.02. The molecule has 0 aliphatic heterocycles. The number of ether oxygens (including phenoxy) is 1. The number of nitrogens with zero attached hydrogens (tertiary/aromatic N) is 1. The molecule has 3 heteroatoms. The zero-order valence-electron chi connectivity index (χ0n) is 11.4. The molecule has 19 heavy (non-hydrogen) atoms. The van der Waals surface area contributed by atoms with Crippen molar-refractivity contribution in [3.05, 3.63) is 66.0 Å². The highest BCUT2D eigenvalue weighted by molar-refractivity contribution is 5.21. The molecule has 0 radical (unpaired) electrons. The molecule has 0 spiro atoms. The largest absolute Gasteiger partial charge is 0.383 e. The molecule has 0 bridgehead atoms. The van der Waals surface area contributed by atoms with E-state index < -0.39 is 0 Å². The molecule has 0 aliphatic carbocycles. The zero-order chi connectivity index (χ0) is 13.5. The van der Waals surface area contributed by atoms with E-state index in [2.05, 4.69) is 41.5 Å². The maximum absolute atomic E-state index is 5.32. The molecule has 0 fully saturated rings. The van der Waals surface area contributed by atoms with Gasteiger partial charge < -0.3 is 10.1 Å². The van der Waals surface area contributed by atoms with Gasteiger partial charge in [-0.2, -0.15) is 0 Å². The Bertz CT molecular complexity index is 473. The number of hydrogen-bond acceptors (Lipinski definition) is 3. The number of aromatic nitrogens is 1. The molecule has 3 nitrogen and oxygen atoms in total. The van der Waals surface area contributed by atoms with Crippen LogP contribution in [0.4, 0.5) is 0 Å². The van der Waals surface area contributed by atoms with E-state index in [0.29, 0.717) is 6.61 Å². The first-order valence-electron chi connectivity index (χ1n) is 6.51. The van der Waals surface area contributed by atoms with Crippen molar-refractivity contribution in [1.29, 1.82) is 0 Å². The Morgan fingerprint density at radius 3 is 2.37 bits per heavy atom. The van der Waals surface area contributed by atoms with Crippen LogP contribution in [0.2, 0.25) is 0 Å². The summed E-state index contributed by atoms with van der Waals surface area (Å²) in [4.78, 5) is 4.05. The molecule has 2 atom stereocenters. The molecule has 0 amide bonds. The number of benzene rings is 1. The predicted octanol–water partition coefficient (Wildman–Crippen LogP) is 3.12. The molecule has 1 heterocycles. The lowest BCUT2D eigenvalue weighted by atomic mass is 10.0. The molecule has 0 saturated heterocycles. The average Bonchev–Trinajstić information content (AvgIpc) is 2.48. The monoisotopic (exact) mass is 256 g/mol. The first-order valence-corrected chi connectivity index (χ1v) is 6.51. The summed E-state index contributed by atoms with van der Waals surface area (Å²) >= 11 is 0. The van der Waals surface area contributed by atoms with Crippen LogP contribution >= 0.6 is 0 Å². The Morgan fingerprint density at radius 2 is 1.74 bits per heavy atom. The van der Waals surface area contributed by atoms with Crippen molar-refractivity contribution in [3.63, 3.8) is 0 Å². The van der Waals surface area contributed by atoms with Gasteiger partial charge in [0, 0.05) is 25.5 Å².